The van der Waals surface area contributed by atoms with Gasteiger partial charge in [0, 0.05) is 19.1 Å². The molecule has 1 saturated carbocycles. The van der Waals surface area contributed by atoms with Crippen molar-refractivity contribution in [3.63, 3.8) is 0 Å². The minimum Gasteiger partial charge on any atom is -0.395 e. The maximum absolute atomic E-state index is 8.96. The molecule has 4 nitrogen and oxygen atoms in total. The maximum Gasteiger partial charge on any atom is 0.0558 e. The van der Waals surface area contributed by atoms with Crippen LogP contribution in [-0.2, 0) is 0 Å². The average molecular weight is 216 g/mol. The lowest BCUT2D eigenvalue weighted by Crippen LogP contribution is -2.42. The highest BCUT2D eigenvalue weighted by atomic mass is 16.5. The Morgan fingerprint density at radius 1 is 1.13 bits per heavy atom. The molecule has 0 bridgehead atoms. The number of aliphatic hydroxyl groups is 1. The summed E-state index contributed by atoms with van der Waals surface area (Å²) in [4.78, 5) is 2.41. The van der Waals surface area contributed by atoms with E-state index in [1.165, 1.54) is 19.3 Å². The standard InChI is InChI=1S/C11H24N2O2/c14-10-9-13(11-5-4-6-11)8-3-1-2-7-12-15/h11-12,14-15H,1-10H2. The lowest BCUT2D eigenvalue weighted by atomic mass is 9.91. The smallest absolute Gasteiger partial charge is 0.0558 e. The maximum atomic E-state index is 8.96. The number of nitrogens with one attached hydrogen (secondary N) is 1. The van der Waals surface area contributed by atoms with Gasteiger partial charge in [0.05, 0.1) is 6.61 Å². The summed E-state index contributed by atoms with van der Waals surface area (Å²) < 4.78 is 0. The van der Waals surface area contributed by atoms with Crippen molar-refractivity contribution in [1.29, 1.82) is 0 Å². The number of hydrogen-bond acceptors (Lipinski definition) is 4. The first kappa shape index (κ1) is 12.9. The molecule has 0 atom stereocenters. The van der Waals surface area contributed by atoms with Crippen LogP contribution in [0.15, 0.2) is 0 Å². The Labute approximate surface area is 92.2 Å². The highest BCUT2D eigenvalue weighted by molar-refractivity contribution is 4.79. The van der Waals surface area contributed by atoms with E-state index in [-0.39, 0.29) is 6.61 Å². The van der Waals surface area contributed by atoms with Crippen molar-refractivity contribution in [1.82, 2.24) is 10.4 Å². The largest absolute Gasteiger partial charge is 0.395 e. The second-order valence-electron chi connectivity index (χ2n) is 4.31. The molecule has 1 aliphatic rings. The van der Waals surface area contributed by atoms with E-state index in [2.05, 4.69) is 10.4 Å². The van der Waals surface area contributed by atoms with Crippen LogP contribution in [-0.4, -0.2) is 47.5 Å². The highest BCUT2D eigenvalue weighted by Gasteiger charge is 2.23. The lowest BCUT2D eigenvalue weighted by Gasteiger charge is -2.37. The van der Waals surface area contributed by atoms with Gasteiger partial charge in [-0.15, -0.1) is 0 Å². The second kappa shape index (κ2) is 8.05. The lowest BCUT2D eigenvalue weighted by molar-refractivity contribution is 0.0988. The summed E-state index contributed by atoms with van der Waals surface area (Å²) in [7, 11) is 0. The Bertz CT molecular complexity index is 152. The highest BCUT2D eigenvalue weighted by Crippen LogP contribution is 2.24. The van der Waals surface area contributed by atoms with Crippen LogP contribution in [0, 0.1) is 0 Å². The predicted octanol–water partition coefficient (Wildman–Crippen LogP) is 0.982. The van der Waals surface area contributed by atoms with Crippen LogP contribution in [0.25, 0.3) is 0 Å². The summed E-state index contributed by atoms with van der Waals surface area (Å²) in [5.41, 5.74) is 2.17. The van der Waals surface area contributed by atoms with Gasteiger partial charge in [0.25, 0.3) is 0 Å². The van der Waals surface area contributed by atoms with Gasteiger partial charge in [0.15, 0.2) is 0 Å². The predicted molar refractivity (Wildman–Crippen MR) is 59.9 cm³/mol. The fraction of sp³-hybridized carbons (Fsp3) is 1.00. The van der Waals surface area contributed by atoms with E-state index < -0.39 is 0 Å². The summed E-state index contributed by atoms with van der Waals surface area (Å²) in [6.07, 6.45) is 7.28. The van der Waals surface area contributed by atoms with Gasteiger partial charge in [-0.1, -0.05) is 12.8 Å². The average Bonchev–Trinajstić information content (AvgIpc) is 2.15. The van der Waals surface area contributed by atoms with Gasteiger partial charge in [-0.3, -0.25) is 4.90 Å². The molecule has 0 heterocycles. The molecule has 0 aromatic carbocycles. The fourth-order valence-electron chi connectivity index (χ4n) is 2.05. The van der Waals surface area contributed by atoms with Gasteiger partial charge in [-0.2, -0.15) is 0 Å². The molecular formula is C11H24N2O2. The monoisotopic (exact) mass is 216 g/mol. The number of aliphatic hydroxyl groups excluding tert-OH is 1. The molecule has 0 unspecified atom stereocenters. The molecule has 90 valence electrons. The first-order valence-corrected chi connectivity index (χ1v) is 6.10. The topological polar surface area (TPSA) is 55.7 Å². The van der Waals surface area contributed by atoms with E-state index in [0.29, 0.717) is 6.54 Å². The van der Waals surface area contributed by atoms with Gasteiger partial charge in [0.1, 0.15) is 0 Å². The third-order valence-electron chi connectivity index (χ3n) is 3.21. The van der Waals surface area contributed by atoms with Crippen molar-refractivity contribution in [3.05, 3.63) is 0 Å². The van der Waals surface area contributed by atoms with E-state index in [1.807, 2.05) is 0 Å². The van der Waals surface area contributed by atoms with Crippen LogP contribution in [0.3, 0.4) is 0 Å². The number of rotatable bonds is 9. The molecule has 3 N–H and O–H groups in total. The Hall–Kier alpha value is -0.160. The molecule has 0 saturated heterocycles. The fourth-order valence-corrected chi connectivity index (χ4v) is 2.05. The number of nitrogens with zero attached hydrogens (tertiary/aromatic N) is 1. The Morgan fingerprint density at radius 2 is 1.93 bits per heavy atom. The van der Waals surface area contributed by atoms with Crippen molar-refractivity contribution in [2.75, 3.05) is 26.2 Å². The molecule has 0 amide bonds. The molecule has 1 fully saturated rings. The zero-order valence-corrected chi connectivity index (χ0v) is 9.49. The molecule has 0 aromatic heterocycles. The van der Waals surface area contributed by atoms with E-state index in [1.54, 1.807) is 0 Å². The van der Waals surface area contributed by atoms with E-state index in [0.717, 1.165) is 38.4 Å². The van der Waals surface area contributed by atoms with Crippen LogP contribution in [0.4, 0.5) is 0 Å². The zero-order chi connectivity index (χ0) is 10.9. The van der Waals surface area contributed by atoms with Crippen LogP contribution in [0.5, 0.6) is 0 Å². The SMILES string of the molecule is OCCN(CCCCCNO)C1CCC1. The van der Waals surface area contributed by atoms with Crippen LogP contribution >= 0.6 is 0 Å². The van der Waals surface area contributed by atoms with E-state index in [4.69, 9.17) is 10.3 Å². The van der Waals surface area contributed by atoms with Crippen molar-refractivity contribution in [3.8, 4) is 0 Å². The third kappa shape index (κ3) is 4.93. The van der Waals surface area contributed by atoms with Crippen molar-refractivity contribution in [2.45, 2.75) is 44.6 Å². The Kier molecular flexibility index (Phi) is 6.92. The van der Waals surface area contributed by atoms with Crippen molar-refractivity contribution in [2.24, 2.45) is 0 Å². The summed E-state index contributed by atoms with van der Waals surface area (Å²) in [6.45, 7) is 2.87. The van der Waals surface area contributed by atoms with Crippen LogP contribution in [0.1, 0.15) is 38.5 Å². The molecule has 0 aromatic rings. The third-order valence-corrected chi connectivity index (χ3v) is 3.21. The second-order valence-corrected chi connectivity index (χ2v) is 4.31. The molecule has 4 heteroatoms. The van der Waals surface area contributed by atoms with Gasteiger partial charge in [0.2, 0.25) is 0 Å². The zero-order valence-electron chi connectivity index (χ0n) is 9.49. The summed E-state index contributed by atoms with van der Waals surface area (Å²) in [5, 5.41) is 17.4. The summed E-state index contributed by atoms with van der Waals surface area (Å²) >= 11 is 0. The number of hydrogen-bond donors (Lipinski definition) is 3. The minimum atomic E-state index is 0.273. The molecule has 0 radical (unpaired) electrons. The van der Waals surface area contributed by atoms with E-state index >= 15 is 0 Å². The van der Waals surface area contributed by atoms with E-state index in [9.17, 15) is 0 Å². The van der Waals surface area contributed by atoms with Crippen LogP contribution < -0.4 is 5.48 Å². The normalized spacial score (nSPS) is 17.0. The summed E-state index contributed by atoms with van der Waals surface area (Å²) in [5.74, 6) is 0. The Morgan fingerprint density at radius 3 is 2.47 bits per heavy atom. The number of unbranched alkanes of at least 4 members (excludes halogenated alkanes) is 2. The van der Waals surface area contributed by atoms with Gasteiger partial charge in [-0.25, -0.2) is 5.48 Å². The summed E-state index contributed by atoms with van der Waals surface area (Å²) in [6, 6.07) is 0.730. The first-order chi connectivity index (χ1) is 7.38. The number of hydroxylamine groups is 1. The van der Waals surface area contributed by atoms with Gasteiger partial charge >= 0.3 is 0 Å². The molecule has 1 aliphatic carbocycles. The molecule has 0 aliphatic heterocycles. The molecule has 0 spiro atoms. The van der Waals surface area contributed by atoms with Crippen LogP contribution in [0.2, 0.25) is 0 Å². The van der Waals surface area contributed by atoms with Gasteiger partial charge < -0.3 is 10.3 Å². The van der Waals surface area contributed by atoms with Crippen molar-refractivity contribution >= 4 is 0 Å². The Balaban J connectivity index is 2.03. The first-order valence-electron chi connectivity index (χ1n) is 6.10. The quantitative estimate of drug-likeness (QED) is 0.397. The molecule has 1 rings (SSSR count). The minimum absolute atomic E-state index is 0.273. The van der Waals surface area contributed by atoms with Gasteiger partial charge in [-0.05, 0) is 32.2 Å². The molecule has 15 heavy (non-hydrogen) atoms. The molecular weight excluding hydrogens is 192 g/mol. The van der Waals surface area contributed by atoms with Crippen molar-refractivity contribution < 1.29 is 10.3 Å².